The number of amides is 3. The molecular weight excluding hydrogens is 425 g/mol. The SMILES string of the molecule is Cc1ccc(NC(=O)N(C)CCc2noc(C(=O)NCc3ccc(Cl)cc3)n2)cc1F. The van der Waals surface area contributed by atoms with Crippen molar-refractivity contribution >= 4 is 29.2 Å². The molecule has 31 heavy (non-hydrogen) atoms. The van der Waals surface area contributed by atoms with Crippen molar-refractivity contribution in [2.24, 2.45) is 0 Å². The van der Waals surface area contributed by atoms with Gasteiger partial charge >= 0.3 is 17.8 Å². The van der Waals surface area contributed by atoms with Gasteiger partial charge < -0.3 is 20.1 Å². The predicted octanol–water partition coefficient (Wildman–Crippen LogP) is 3.81. The molecule has 0 spiro atoms. The highest BCUT2D eigenvalue weighted by molar-refractivity contribution is 6.30. The predicted molar refractivity (Wildman–Crippen MR) is 113 cm³/mol. The van der Waals surface area contributed by atoms with Gasteiger partial charge in [-0.1, -0.05) is 35.0 Å². The number of urea groups is 1. The van der Waals surface area contributed by atoms with Crippen molar-refractivity contribution in [3.63, 3.8) is 0 Å². The number of carbonyl (C=O) groups excluding carboxylic acids is 2. The van der Waals surface area contributed by atoms with Crippen LogP contribution in [0.1, 0.15) is 27.6 Å². The maximum absolute atomic E-state index is 13.6. The van der Waals surface area contributed by atoms with Crippen LogP contribution in [0.3, 0.4) is 0 Å². The lowest BCUT2D eigenvalue weighted by molar-refractivity contribution is 0.0907. The Morgan fingerprint density at radius 1 is 1.19 bits per heavy atom. The molecule has 3 amide bonds. The lowest BCUT2D eigenvalue weighted by Gasteiger charge is -2.17. The highest BCUT2D eigenvalue weighted by Gasteiger charge is 2.16. The molecule has 0 atom stereocenters. The summed E-state index contributed by atoms with van der Waals surface area (Å²) in [5.74, 6) is -0.765. The lowest BCUT2D eigenvalue weighted by atomic mass is 10.2. The van der Waals surface area contributed by atoms with Crippen molar-refractivity contribution in [2.75, 3.05) is 18.9 Å². The Balaban J connectivity index is 1.47. The Labute approximate surface area is 183 Å². The molecule has 1 heterocycles. The molecule has 0 aliphatic heterocycles. The van der Waals surface area contributed by atoms with Crippen LogP contribution < -0.4 is 10.6 Å². The number of carbonyl (C=O) groups is 2. The standard InChI is InChI=1S/C21H21ClFN5O3/c1-13-3-8-16(11-17(13)23)25-21(30)28(2)10-9-18-26-20(31-27-18)19(29)24-12-14-4-6-15(22)7-5-14/h3-8,11H,9-10,12H2,1-2H3,(H,24,29)(H,25,30). The van der Waals surface area contributed by atoms with E-state index in [1.807, 2.05) is 0 Å². The largest absolute Gasteiger partial charge is 0.344 e. The van der Waals surface area contributed by atoms with Gasteiger partial charge in [-0.15, -0.1) is 0 Å². The Bertz CT molecular complexity index is 1070. The molecule has 0 saturated heterocycles. The topological polar surface area (TPSA) is 100 Å². The average molecular weight is 446 g/mol. The van der Waals surface area contributed by atoms with Crippen LogP contribution in [0.5, 0.6) is 0 Å². The summed E-state index contributed by atoms with van der Waals surface area (Å²) in [6.45, 7) is 2.20. The Morgan fingerprint density at radius 3 is 2.65 bits per heavy atom. The molecule has 0 fully saturated rings. The van der Waals surface area contributed by atoms with E-state index in [0.717, 1.165) is 5.56 Å². The lowest BCUT2D eigenvalue weighted by Crippen LogP contribution is -2.33. The number of hydrogen-bond acceptors (Lipinski definition) is 5. The van der Waals surface area contributed by atoms with Crippen LogP contribution in [0.2, 0.25) is 5.02 Å². The van der Waals surface area contributed by atoms with E-state index in [4.69, 9.17) is 16.1 Å². The Kier molecular flexibility index (Phi) is 7.19. The van der Waals surface area contributed by atoms with E-state index in [1.54, 1.807) is 50.4 Å². The molecule has 10 heteroatoms. The molecule has 1 aromatic heterocycles. The Morgan fingerprint density at radius 2 is 1.94 bits per heavy atom. The first-order chi connectivity index (χ1) is 14.8. The van der Waals surface area contributed by atoms with Gasteiger partial charge in [0.05, 0.1) is 0 Å². The molecule has 0 aliphatic rings. The minimum absolute atomic E-state index is 0.161. The van der Waals surface area contributed by atoms with Gasteiger partial charge in [0.25, 0.3) is 0 Å². The third-order valence-electron chi connectivity index (χ3n) is 4.47. The molecule has 0 unspecified atom stereocenters. The molecule has 162 valence electrons. The summed E-state index contributed by atoms with van der Waals surface area (Å²) in [4.78, 5) is 29.9. The molecule has 2 N–H and O–H groups in total. The number of aromatic nitrogens is 2. The van der Waals surface area contributed by atoms with Gasteiger partial charge in [-0.3, -0.25) is 4.79 Å². The van der Waals surface area contributed by atoms with Crippen molar-refractivity contribution in [3.8, 4) is 0 Å². The quantitative estimate of drug-likeness (QED) is 0.576. The van der Waals surface area contributed by atoms with E-state index in [0.29, 0.717) is 16.3 Å². The van der Waals surface area contributed by atoms with Crippen LogP contribution in [-0.4, -0.2) is 40.6 Å². The number of likely N-dealkylation sites (N-methyl/N-ethyl adjacent to an activating group) is 1. The molecule has 0 radical (unpaired) electrons. The maximum atomic E-state index is 13.6. The normalized spacial score (nSPS) is 10.6. The summed E-state index contributed by atoms with van der Waals surface area (Å²) in [5.41, 5.74) is 1.73. The van der Waals surface area contributed by atoms with Crippen molar-refractivity contribution in [3.05, 3.63) is 76.1 Å². The second-order valence-electron chi connectivity index (χ2n) is 6.89. The zero-order valence-corrected chi connectivity index (χ0v) is 17.7. The van der Waals surface area contributed by atoms with Crippen LogP contribution in [0.25, 0.3) is 0 Å². The molecule has 3 rings (SSSR count). The second-order valence-corrected chi connectivity index (χ2v) is 7.33. The maximum Gasteiger partial charge on any atom is 0.321 e. The minimum Gasteiger partial charge on any atom is -0.344 e. The van der Waals surface area contributed by atoms with Crippen molar-refractivity contribution in [2.45, 2.75) is 19.9 Å². The van der Waals surface area contributed by atoms with Gasteiger partial charge in [0.1, 0.15) is 5.82 Å². The van der Waals surface area contributed by atoms with E-state index >= 15 is 0 Å². The van der Waals surface area contributed by atoms with E-state index < -0.39 is 17.8 Å². The Hall–Kier alpha value is -3.46. The zero-order valence-electron chi connectivity index (χ0n) is 17.0. The van der Waals surface area contributed by atoms with Gasteiger partial charge in [0, 0.05) is 37.3 Å². The first-order valence-electron chi connectivity index (χ1n) is 9.45. The van der Waals surface area contributed by atoms with E-state index in [-0.39, 0.29) is 31.2 Å². The van der Waals surface area contributed by atoms with E-state index in [1.165, 1.54) is 11.0 Å². The minimum atomic E-state index is -0.499. The monoisotopic (exact) mass is 445 g/mol. The summed E-state index contributed by atoms with van der Waals surface area (Å²) in [5, 5.41) is 9.68. The molecule has 0 aliphatic carbocycles. The van der Waals surface area contributed by atoms with Crippen molar-refractivity contribution in [1.82, 2.24) is 20.4 Å². The molecule has 2 aromatic carbocycles. The molecule has 0 bridgehead atoms. The van der Waals surface area contributed by atoms with Gasteiger partial charge in [0.2, 0.25) is 0 Å². The molecule has 3 aromatic rings. The summed E-state index contributed by atoms with van der Waals surface area (Å²) in [6.07, 6.45) is 0.278. The number of anilines is 1. The number of hydrogen-bond donors (Lipinski definition) is 2. The highest BCUT2D eigenvalue weighted by Crippen LogP contribution is 2.14. The third-order valence-corrected chi connectivity index (χ3v) is 4.72. The number of nitrogens with one attached hydrogen (secondary N) is 2. The fourth-order valence-electron chi connectivity index (χ4n) is 2.57. The zero-order chi connectivity index (χ0) is 22.4. The second kappa shape index (κ2) is 10.0. The third kappa shape index (κ3) is 6.26. The fourth-order valence-corrected chi connectivity index (χ4v) is 2.69. The number of benzene rings is 2. The van der Waals surface area contributed by atoms with E-state index in [9.17, 15) is 14.0 Å². The number of halogens is 2. The molecule has 0 saturated carbocycles. The van der Waals surface area contributed by atoms with Crippen molar-refractivity contribution in [1.29, 1.82) is 0 Å². The van der Waals surface area contributed by atoms with Crippen LogP contribution in [0.4, 0.5) is 14.9 Å². The number of rotatable bonds is 7. The van der Waals surface area contributed by atoms with E-state index in [2.05, 4.69) is 20.8 Å². The first kappa shape index (κ1) is 22.2. The first-order valence-corrected chi connectivity index (χ1v) is 9.83. The molecule has 8 nitrogen and oxygen atoms in total. The fraction of sp³-hybridized carbons (Fsp3) is 0.238. The van der Waals surface area contributed by atoms with Crippen LogP contribution in [-0.2, 0) is 13.0 Å². The van der Waals surface area contributed by atoms with Crippen LogP contribution in [0, 0.1) is 12.7 Å². The van der Waals surface area contributed by atoms with Gasteiger partial charge in [0.15, 0.2) is 5.82 Å². The van der Waals surface area contributed by atoms with Crippen molar-refractivity contribution < 1.29 is 18.5 Å². The smallest absolute Gasteiger partial charge is 0.321 e. The van der Waals surface area contributed by atoms with Gasteiger partial charge in [-0.2, -0.15) is 4.98 Å². The summed E-state index contributed by atoms with van der Waals surface area (Å²) in [6, 6.07) is 11.1. The average Bonchev–Trinajstić information content (AvgIpc) is 3.23. The summed E-state index contributed by atoms with van der Waals surface area (Å²) >= 11 is 5.83. The number of nitrogens with zero attached hydrogens (tertiary/aromatic N) is 3. The summed E-state index contributed by atoms with van der Waals surface area (Å²) in [7, 11) is 1.58. The van der Waals surface area contributed by atoms with Crippen LogP contribution >= 0.6 is 11.6 Å². The van der Waals surface area contributed by atoms with Crippen LogP contribution in [0.15, 0.2) is 47.0 Å². The number of aryl methyl sites for hydroxylation is 1. The van der Waals surface area contributed by atoms with Gasteiger partial charge in [-0.25, -0.2) is 9.18 Å². The molecular formula is C21H21ClFN5O3. The highest BCUT2D eigenvalue weighted by atomic mass is 35.5. The summed E-state index contributed by atoms with van der Waals surface area (Å²) < 4.78 is 18.6. The van der Waals surface area contributed by atoms with Gasteiger partial charge in [-0.05, 0) is 42.3 Å².